The number of hydrogen-bond donors (Lipinski definition) is 1. The molecule has 0 aliphatic carbocycles. The van der Waals surface area contributed by atoms with Crippen LogP contribution in [0.4, 0.5) is 4.39 Å². The molecule has 1 N–H and O–H groups in total. The Kier molecular flexibility index (Phi) is 4.63. The monoisotopic (exact) mass is 327 g/mol. The van der Waals surface area contributed by atoms with Crippen molar-refractivity contribution in [2.45, 2.75) is 19.4 Å². The third kappa shape index (κ3) is 3.17. The van der Waals surface area contributed by atoms with E-state index < -0.39 is 11.9 Å². The van der Waals surface area contributed by atoms with Crippen LogP contribution in [0.15, 0.2) is 30.3 Å². The van der Waals surface area contributed by atoms with E-state index in [1.807, 2.05) is 0 Å². The number of halogens is 1. The number of carbonyl (C=O) groups excluding carboxylic acids is 1. The molecule has 3 rings (SSSR count). The molecule has 6 heteroatoms. The summed E-state index contributed by atoms with van der Waals surface area (Å²) >= 11 is 0. The second kappa shape index (κ2) is 6.85. The predicted octanol–water partition coefficient (Wildman–Crippen LogP) is 2.09. The van der Waals surface area contributed by atoms with Crippen LogP contribution >= 0.6 is 0 Å². The third-order valence-electron chi connectivity index (χ3n) is 4.10. The Hall–Kier alpha value is -2.65. The molecule has 1 saturated heterocycles. The smallest absolute Gasteiger partial charge is 0.272 e. The van der Waals surface area contributed by atoms with Crippen molar-refractivity contribution in [2.75, 3.05) is 13.2 Å². The SMILES string of the molecule is C#CC(NC(=O)c1cc(C)n(-c2ccccc2F)n1)C1CCOC1. The van der Waals surface area contributed by atoms with Crippen LogP contribution in [0.1, 0.15) is 22.6 Å². The number of carbonyl (C=O) groups is 1. The first kappa shape index (κ1) is 16.2. The van der Waals surface area contributed by atoms with E-state index in [1.54, 1.807) is 31.2 Å². The zero-order valence-corrected chi connectivity index (χ0v) is 13.3. The minimum absolute atomic E-state index is 0.105. The van der Waals surface area contributed by atoms with Crippen molar-refractivity contribution < 1.29 is 13.9 Å². The fourth-order valence-electron chi connectivity index (χ4n) is 2.78. The summed E-state index contributed by atoms with van der Waals surface area (Å²) in [6.07, 6.45) is 6.35. The highest BCUT2D eigenvalue weighted by atomic mass is 19.1. The van der Waals surface area contributed by atoms with Crippen LogP contribution in [-0.4, -0.2) is 34.9 Å². The van der Waals surface area contributed by atoms with Gasteiger partial charge in [-0.3, -0.25) is 4.79 Å². The number of benzene rings is 1. The molecule has 0 bridgehead atoms. The Bertz CT molecular complexity index is 788. The lowest BCUT2D eigenvalue weighted by atomic mass is 9.99. The molecule has 2 aromatic rings. The molecular formula is C18H18FN3O2. The zero-order valence-electron chi connectivity index (χ0n) is 13.3. The van der Waals surface area contributed by atoms with Crippen molar-refractivity contribution in [1.82, 2.24) is 15.1 Å². The lowest BCUT2D eigenvalue weighted by molar-refractivity contribution is 0.0926. The number of para-hydroxylation sites is 1. The molecule has 0 radical (unpaired) electrons. The molecule has 1 aliphatic rings. The van der Waals surface area contributed by atoms with Crippen molar-refractivity contribution in [3.05, 3.63) is 47.5 Å². The topological polar surface area (TPSA) is 56.2 Å². The number of aromatic nitrogens is 2. The van der Waals surface area contributed by atoms with Gasteiger partial charge in [0.1, 0.15) is 11.5 Å². The summed E-state index contributed by atoms with van der Waals surface area (Å²) in [6, 6.07) is 7.49. The van der Waals surface area contributed by atoms with Gasteiger partial charge >= 0.3 is 0 Å². The number of nitrogens with one attached hydrogen (secondary N) is 1. The van der Waals surface area contributed by atoms with Crippen molar-refractivity contribution >= 4 is 5.91 Å². The molecule has 1 aromatic heterocycles. The molecule has 2 unspecified atom stereocenters. The molecule has 1 amide bonds. The number of ether oxygens (including phenoxy) is 1. The summed E-state index contributed by atoms with van der Waals surface area (Å²) in [5, 5.41) is 7.03. The Morgan fingerprint density at radius 3 is 3.00 bits per heavy atom. The van der Waals surface area contributed by atoms with E-state index in [0.29, 0.717) is 24.6 Å². The van der Waals surface area contributed by atoms with E-state index in [1.165, 1.54) is 10.7 Å². The van der Waals surface area contributed by atoms with Crippen LogP contribution in [0.2, 0.25) is 0 Å². The van der Waals surface area contributed by atoms with Gasteiger partial charge in [-0.15, -0.1) is 6.42 Å². The summed E-state index contributed by atoms with van der Waals surface area (Å²) < 4.78 is 20.7. The van der Waals surface area contributed by atoms with Gasteiger partial charge in [0.2, 0.25) is 0 Å². The van der Waals surface area contributed by atoms with Crippen LogP contribution in [0.25, 0.3) is 5.69 Å². The Balaban J connectivity index is 1.80. The van der Waals surface area contributed by atoms with Gasteiger partial charge < -0.3 is 10.1 Å². The Morgan fingerprint density at radius 2 is 2.33 bits per heavy atom. The van der Waals surface area contributed by atoms with E-state index in [-0.39, 0.29) is 17.5 Å². The Labute approximate surface area is 139 Å². The van der Waals surface area contributed by atoms with Gasteiger partial charge in [0, 0.05) is 18.2 Å². The number of nitrogens with zero attached hydrogens (tertiary/aromatic N) is 2. The maximum atomic E-state index is 13.9. The molecule has 1 aromatic carbocycles. The molecule has 0 saturated carbocycles. The molecule has 1 aliphatic heterocycles. The average Bonchev–Trinajstić information content (AvgIpc) is 3.23. The largest absolute Gasteiger partial charge is 0.381 e. The number of terminal acetylenes is 1. The number of aryl methyl sites for hydroxylation is 1. The molecule has 2 heterocycles. The summed E-state index contributed by atoms with van der Waals surface area (Å²) in [5.41, 5.74) is 1.16. The van der Waals surface area contributed by atoms with Gasteiger partial charge in [-0.05, 0) is 31.5 Å². The standard InChI is InChI=1S/C18H18FN3O2/c1-3-15(13-8-9-24-11-13)20-18(23)16-10-12(2)22(21-16)17-7-5-4-6-14(17)19/h1,4-7,10,13,15H,8-9,11H2,2H3,(H,20,23). The van der Waals surface area contributed by atoms with Crippen LogP contribution in [0, 0.1) is 31.0 Å². The second-order valence-corrected chi connectivity index (χ2v) is 5.78. The molecule has 124 valence electrons. The minimum Gasteiger partial charge on any atom is -0.381 e. The van der Waals surface area contributed by atoms with Gasteiger partial charge in [0.25, 0.3) is 5.91 Å². The fourth-order valence-corrected chi connectivity index (χ4v) is 2.78. The highest BCUT2D eigenvalue weighted by molar-refractivity contribution is 5.92. The van der Waals surface area contributed by atoms with Crippen LogP contribution < -0.4 is 5.32 Å². The fraction of sp³-hybridized carbons (Fsp3) is 0.333. The number of hydrogen-bond acceptors (Lipinski definition) is 3. The lowest BCUT2D eigenvalue weighted by Gasteiger charge is -2.17. The average molecular weight is 327 g/mol. The van der Waals surface area contributed by atoms with Crippen molar-refractivity contribution in [1.29, 1.82) is 0 Å². The van der Waals surface area contributed by atoms with E-state index >= 15 is 0 Å². The zero-order chi connectivity index (χ0) is 17.1. The van der Waals surface area contributed by atoms with E-state index in [9.17, 15) is 9.18 Å². The van der Waals surface area contributed by atoms with Crippen molar-refractivity contribution in [2.24, 2.45) is 5.92 Å². The summed E-state index contributed by atoms with van der Waals surface area (Å²) in [7, 11) is 0. The van der Waals surface area contributed by atoms with Crippen molar-refractivity contribution in [3.8, 4) is 18.0 Å². The molecule has 24 heavy (non-hydrogen) atoms. The molecule has 2 atom stereocenters. The predicted molar refractivity (Wildman–Crippen MR) is 87.3 cm³/mol. The highest BCUT2D eigenvalue weighted by Gasteiger charge is 2.27. The van der Waals surface area contributed by atoms with Crippen LogP contribution in [0.3, 0.4) is 0 Å². The minimum atomic E-state index is -0.404. The first-order chi connectivity index (χ1) is 11.6. The van der Waals surface area contributed by atoms with E-state index in [4.69, 9.17) is 11.2 Å². The quantitative estimate of drug-likeness (QED) is 0.875. The Morgan fingerprint density at radius 1 is 1.54 bits per heavy atom. The number of amides is 1. The van der Waals surface area contributed by atoms with E-state index in [0.717, 1.165) is 6.42 Å². The van der Waals surface area contributed by atoms with Gasteiger partial charge in [0.15, 0.2) is 5.69 Å². The third-order valence-corrected chi connectivity index (χ3v) is 4.10. The number of rotatable bonds is 4. The second-order valence-electron chi connectivity index (χ2n) is 5.78. The van der Waals surface area contributed by atoms with Gasteiger partial charge in [-0.2, -0.15) is 5.10 Å². The maximum Gasteiger partial charge on any atom is 0.272 e. The van der Waals surface area contributed by atoms with Crippen LogP contribution in [0.5, 0.6) is 0 Å². The summed E-state index contributed by atoms with van der Waals surface area (Å²) in [6.45, 7) is 2.96. The highest BCUT2D eigenvalue weighted by Crippen LogP contribution is 2.18. The summed E-state index contributed by atoms with van der Waals surface area (Å²) in [5.74, 6) is 1.93. The summed E-state index contributed by atoms with van der Waals surface area (Å²) in [4.78, 5) is 12.4. The first-order valence-electron chi connectivity index (χ1n) is 7.76. The van der Waals surface area contributed by atoms with Crippen LogP contribution in [-0.2, 0) is 4.74 Å². The normalized spacial score (nSPS) is 18.1. The van der Waals surface area contributed by atoms with Gasteiger partial charge in [-0.1, -0.05) is 18.1 Å². The first-order valence-corrected chi connectivity index (χ1v) is 7.76. The maximum absolute atomic E-state index is 13.9. The van der Waals surface area contributed by atoms with Crippen molar-refractivity contribution in [3.63, 3.8) is 0 Å². The molecule has 0 spiro atoms. The lowest BCUT2D eigenvalue weighted by Crippen LogP contribution is -2.39. The van der Waals surface area contributed by atoms with Gasteiger partial charge in [0.05, 0.1) is 12.6 Å². The molecular weight excluding hydrogens is 309 g/mol. The van der Waals surface area contributed by atoms with E-state index in [2.05, 4.69) is 16.3 Å². The molecule has 5 nitrogen and oxygen atoms in total. The van der Waals surface area contributed by atoms with Gasteiger partial charge in [-0.25, -0.2) is 9.07 Å². The molecule has 1 fully saturated rings.